The largest absolute Gasteiger partial charge is 0.467 e. The Hall–Kier alpha value is -3.53. The fraction of sp³-hybridized carbons (Fsp3) is 0.435. The average Bonchev–Trinajstić information content (AvgIpc) is 3.51. The van der Waals surface area contributed by atoms with E-state index in [1.807, 2.05) is 17.0 Å². The summed E-state index contributed by atoms with van der Waals surface area (Å²) < 4.78 is 21.5. The molecule has 1 saturated heterocycles. The van der Waals surface area contributed by atoms with Crippen LogP contribution in [0, 0.1) is 5.92 Å². The quantitative estimate of drug-likeness (QED) is 0.536. The minimum Gasteiger partial charge on any atom is -0.467 e. The Bertz CT molecular complexity index is 1050. The van der Waals surface area contributed by atoms with E-state index in [1.54, 1.807) is 19.1 Å². The predicted octanol–water partition coefficient (Wildman–Crippen LogP) is 1.53. The molecule has 10 heteroatoms. The first-order chi connectivity index (χ1) is 16.1. The smallest absolute Gasteiger partial charge is 0.321 e. The molecule has 2 aromatic rings. The second-order valence-corrected chi connectivity index (χ2v) is 8.08. The first kappa shape index (κ1) is 21.3. The summed E-state index contributed by atoms with van der Waals surface area (Å²) in [6.07, 6.45) is 1.51. The average molecular weight is 454 g/mol. The lowest BCUT2D eigenvalue weighted by molar-refractivity contribution is -0.153. The molecule has 0 bridgehead atoms. The van der Waals surface area contributed by atoms with Gasteiger partial charge in [-0.3, -0.25) is 19.8 Å². The summed E-state index contributed by atoms with van der Waals surface area (Å²) in [6, 6.07) is 8.69. The molecule has 0 saturated carbocycles. The number of fused-ring (bicyclic) bond motifs is 1. The minimum absolute atomic E-state index is 0.190. The summed E-state index contributed by atoms with van der Waals surface area (Å²) in [5.74, 6) is 0.376. The number of aliphatic imine (C=N–C) groups is 1. The van der Waals surface area contributed by atoms with E-state index < -0.39 is 23.8 Å². The summed E-state index contributed by atoms with van der Waals surface area (Å²) in [7, 11) is 0. The van der Waals surface area contributed by atoms with Crippen molar-refractivity contribution in [3.05, 3.63) is 47.9 Å². The molecule has 33 heavy (non-hydrogen) atoms. The number of benzene rings is 1. The van der Waals surface area contributed by atoms with Crippen LogP contribution in [0.2, 0.25) is 0 Å². The molecule has 0 aliphatic carbocycles. The molecule has 5 rings (SSSR count). The number of nitrogens with zero attached hydrogens (tertiary/aromatic N) is 3. The van der Waals surface area contributed by atoms with Gasteiger partial charge in [0.15, 0.2) is 17.4 Å². The summed E-state index contributed by atoms with van der Waals surface area (Å²) in [5.41, 5.74) is 1.16. The first-order valence-corrected chi connectivity index (χ1v) is 11.1. The van der Waals surface area contributed by atoms with Crippen molar-refractivity contribution in [3.8, 4) is 11.5 Å². The number of carbonyl (C=O) groups excluding carboxylic acids is 2. The van der Waals surface area contributed by atoms with Gasteiger partial charge in [0.2, 0.25) is 18.7 Å². The monoisotopic (exact) mass is 454 g/mol. The number of rotatable bonds is 5. The normalized spacial score (nSPS) is 22.6. The van der Waals surface area contributed by atoms with Gasteiger partial charge in [0.05, 0.1) is 12.9 Å². The van der Waals surface area contributed by atoms with Gasteiger partial charge in [-0.2, -0.15) is 0 Å². The van der Waals surface area contributed by atoms with E-state index in [4.69, 9.17) is 23.6 Å². The lowest BCUT2D eigenvalue weighted by atomic mass is 9.95. The second kappa shape index (κ2) is 9.14. The van der Waals surface area contributed by atoms with E-state index in [9.17, 15) is 9.59 Å². The Balaban J connectivity index is 1.26. The van der Waals surface area contributed by atoms with Crippen molar-refractivity contribution in [2.45, 2.75) is 19.5 Å². The van der Waals surface area contributed by atoms with Crippen LogP contribution in [0.15, 0.2) is 46.0 Å². The van der Waals surface area contributed by atoms with Crippen molar-refractivity contribution in [2.75, 3.05) is 39.6 Å². The van der Waals surface area contributed by atoms with Crippen LogP contribution in [-0.4, -0.2) is 67.2 Å². The first-order valence-electron chi connectivity index (χ1n) is 11.1. The van der Waals surface area contributed by atoms with Gasteiger partial charge in [0.1, 0.15) is 11.8 Å². The van der Waals surface area contributed by atoms with E-state index in [0.717, 1.165) is 36.7 Å². The molecule has 0 radical (unpaired) electrons. The minimum atomic E-state index is -1.08. The highest BCUT2D eigenvalue weighted by molar-refractivity contribution is 6.08. The van der Waals surface area contributed by atoms with E-state index in [1.165, 1.54) is 6.26 Å². The molecular formula is C23H26N4O6. The maximum absolute atomic E-state index is 12.9. The molecule has 2 atom stereocenters. The van der Waals surface area contributed by atoms with Gasteiger partial charge in [-0.05, 0) is 36.8 Å². The van der Waals surface area contributed by atoms with Crippen LogP contribution >= 0.6 is 0 Å². The molecule has 10 nitrogen and oxygen atoms in total. The molecule has 1 aromatic heterocycles. The lowest BCUT2D eigenvalue weighted by Gasteiger charge is -2.38. The van der Waals surface area contributed by atoms with Gasteiger partial charge >= 0.3 is 5.97 Å². The van der Waals surface area contributed by atoms with Crippen LogP contribution in [-0.2, 0) is 20.9 Å². The number of carbonyl (C=O) groups is 2. The van der Waals surface area contributed by atoms with Crippen molar-refractivity contribution in [2.24, 2.45) is 10.9 Å². The molecule has 1 fully saturated rings. The number of hydrogen-bond donors (Lipinski definition) is 1. The summed E-state index contributed by atoms with van der Waals surface area (Å²) >= 11 is 0. The van der Waals surface area contributed by atoms with Crippen LogP contribution < -0.4 is 14.8 Å². The summed E-state index contributed by atoms with van der Waals surface area (Å²) in [4.78, 5) is 34.4. The van der Waals surface area contributed by atoms with Gasteiger partial charge in [0.25, 0.3) is 0 Å². The Morgan fingerprint density at radius 2 is 2.00 bits per heavy atom. The Kier molecular flexibility index (Phi) is 5.91. The third-order valence-corrected chi connectivity index (χ3v) is 5.98. The van der Waals surface area contributed by atoms with Crippen LogP contribution in [0.4, 0.5) is 0 Å². The van der Waals surface area contributed by atoms with E-state index >= 15 is 0 Å². The van der Waals surface area contributed by atoms with Crippen LogP contribution in [0.5, 0.6) is 11.5 Å². The second-order valence-electron chi connectivity index (χ2n) is 8.08. The van der Waals surface area contributed by atoms with Gasteiger partial charge < -0.3 is 23.5 Å². The number of nitrogens with one attached hydrogen (secondary N) is 1. The number of furan rings is 1. The molecule has 0 unspecified atom stereocenters. The van der Waals surface area contributed by atoms with Crippen molar-refractivity contribution >= 4 is 17.8 Å². The molecule has 1 aromatic carbocycles. The Morgan fingerprint density at radius 3 is 2.76 bits per heavy atom. The number of ether oxygens (including phenoxy) is 3. The molecule has 3 aliphatic rings. The van der Waals surface area contributed by atoms with E-state index in [2.05, 4.69) is 16.3 Å². The van der Waals surface area contributed by atoms with Crippen molar-refractivity contribution in [3.63, 3.8) is 0 Å². The highest BCUT2D eigenvalue weighted by Crippen LogP contribution is 2.33. The molecule has 0 spiro atoms. The molecule has 1 N–H and O–H groups in total. The third-order valence-electron chi connectivity index (χ3n) is 5.98. The number of esters is 1. The molecule has 3 aliphatic heterocycles. The maximum Gasteiger partial charge on any atom is 0.321 e. The maximum atomic E-state index is 12.9. The number of hydrogen-bond acceptors (Lipinski definition) is 9. The zero-order valence-corrected chi connectivity index (χ0v) is 18.4. The Morgan fingerprint density at radius 1 is 1.18 bits per heavy atom. The third kappa shape index (κ3) is 4.38. The van der Waals surface area contributed by atoms with Crippen molar-refractivity contribution < 1.29 is 28.2 Å². The molecule has 4 heterocycles. The number of guanidine groups is 1. The van der Waals surface area contributed by atoms with Crippen molar-refractivity contribution in [1.29, 1.82) is 0 Å². The highest BCUT2D eigenvalue weighted by Gasteiger charge is 2.43. The molecule has 1 amide bonds. The Labute approximate surface area is 191 Å². The topological polar surface area (TPSA) is 106 Å². The fourth-order valence-corrected chi connectivity index (χ4v) is 4.30. The lowest BCUT2D eigenvalue weighted by Crippen LogP contribution is -2.57. The van der Waals surface area contributed by atoms with Crippen LogP contribution in [0.1, 0.15) is 24.3 Å². The van der Waals surface area contributed by atoms with E-state index in [-0.39, 0.29) is 13.4 Å². The van der Waals surface area contributed by atoms with Gasteiger partial charge in [-0.15, -0.1) is 0 Å². The SMILES string of the molecule is CCOC(=O)[C@H]1C(=O)NC(N2CCN(Cc3ccc4c(c3)OCO4)CC2)=N[C@@H]1c1ccco1. The van der Waals surface area contributed by atoms with Crippen LogP contribution in [0.3, 0.4) is 0 Å². The van der Waals surface area contributed by atoms with Crippen LogP contribution in [0.25, 0.3) is 0 Å². The standard InChI is InChI=1S/C23H26N4O6/c1-2-30-22(29)19-20(17-4-3-11-31-17)24-23(25-21(19)28)27-9-7-26(8-10-27)13-15-5-6-16-18(12-15)33-14-32-16/h3-6,11-12,19-20H,2,7-10,13-14H2,1H3,(H,24,25,28)/t19-,20-/m1/s1. The van der Waals surface area contributed by atoms with Gasteiger partial charge in [-0.1, -0.05) is 6.07 Å². The summed E-state index contributed by atoms with van der Waals surface area (Å²) in [6.45, 7) is 5.95. The predicted molar refractivity (Wildman–Crippen MR) is 117 cm³/mol. The number of piperazine rings is 1. The van der Waals surface area contributed by atoms with Gasteiger partial charge in [-0.25, -0.2) is 4.99 Å². The summed E-state index contributed by atoms with van der Waals surface area (Å²) in [5, 5.41) is 2.81. The highest BCUT2D eigenvalue weighted by atomic mass is 16.7. The fourth-order valence-electron chi connectivity index (χ4n) is 4.30. The van der Waals surface area contributed by atoms with Crippen molar-refractivity contribution in [1.82, 2.24) is 15.1 Å². The molecular weight excluding hydrogens is 428 g/mol. The zero-order valence-electron chi connectivity index (χ0n) is 18.4. The zero-order chi connectivity index (χ0) is 22.8. The van der Waals surface area contributed by atoms with Gasteiger partial charge in [0, 0.05) is 32.7 Å². The number of amides is 1. The molecule has 174 valence electrons. The van der Waals surface area contributed by atoms with E-state index in [0.29, 0.717) is 24.8 Å².